The normalized spacial score (nSPS) is 11.5. The van der Waals surface area contributed by atoms with Crippen LogP contribution in [0.1, 0.15) is 11.9 Å². The number of hydrogen-bond acceptors (Lipinski definition) is 4. The molecule has 0 aliphatic rings. The average molecular weight is 280 g/mol. The summed E-state index contributed by atoms with van der Waals surface area (Å²) >= 11 is 4.35. The number of nitrogens with zero attached hydrogens (tertiary/aromatic N) is 1. The molecule has 0 N–H and O–H groups in total. The van der Waals surface area contributed by atoms with Crippen LogP contribution in [0.5, 0.6) is 0 Å². The average Bonchev–Trinajstić information content (AvgIpc) is 2.51. The minimum atomic E-state index is -0.959. The molecule has 1 rings (SSSR count). The first-order chi connectivity index (χ1) is 6.63. The maximum Gasteiger partial charge on any atom is 0.367 e. The summed E-state index contributed by atoms with van der Waals surface area (Å²) in [6.07, 6.45) is 1.05. The second kappa shape index (κ2) is 5.21. The molecule has 0 aliphatic carbocycles. The number of halogens is 2. The topological polar surface area (TPSA) is 39.2 Å². The van der Waals surface area contributed by atoms with Crippen molar-refractivity contribution in [1.82, 2.24) is 4.98 Å². The van der Waals surface area contributed by atoms with Crippen LogP contribution in [0.2, 0.25) is 0 Å². The summed E-state index contributed by atoms with van der Waals surface area (Å²) in [5.74, 6) is -1.90. The number of hydrogen-bond donors (Lipinski definition) is 0. The van der Waals surface area contributed by atoms with E-state index in [1.54, 1.807) is 12.3 Å². The zero-order valence-corrected chi connectivity index (χ0v) is 9.69. The lowest BCUT2D eigenvalue weighted by molar-refractivity contribution is -0.140. The summed E-state index contributed by atoms with van der Waals surface area (Å²) in [7, 11) is 0. The molecule has 0 saturated carbocycles. The molecule has 0 saturated heterocycles. The van der Waals surface area contributed by atoms with Gasteiger partial charge in [0.1, 0.15) is 9.61 Å². The summed E-state index contributed by atoms with van der Waals surface area (Å²) in [6.45, 7) is 1.77. The van der Waals surface area contributed by atoms with E-state index in [4.69, 9.17) is 0 Å². The van der Waals surface area contributed by atoms with Crippen LogP contribution in [-0.2, 0) is 9.53 Å². The van der Waals surface area contributed by atoms with E-state index in [2.05, 4.69) is 25.7 Å². The van der Waals surface area contributed by atoms with E-state index in [1.165, 1.54) is 11.3 Å². The monoisotopic (exact) mass is 279 g/mol. The number of aromatic nitrogens is 1. The third kappa shape index (κ3) is 3.19. The Morgan fingerprint density at radius 3 is 3.07 bits per heavy atom. The van der Waals surface area contributed by atoms with Gasteiger partial charge in [-0.15, -0.1) is 11.3 Å². The number of rotatable bonds is 3. The fraction of sp³-hybridized carbons (Fsp3) is 0.250. The number of carbonyl (C=O) groups excluding carboxylic acids is 1. The smallest absolute Gasteiger partial charge is 0.367 e. The van der Waals surface area contributed by atoms with Crippen molar-refractivity contribution in [2.24, 2.45) is 0 Å². The van der Waals surface area contributed by atoms with Crippen molar-refractivity contribution in [2.45, 2.75) is 6.92 Å². The lowest BCUT2D eigenvalue weighted by Crippen LogP contribution is -2.03. The van der Waals surface area contributed by atoms with Gasteiger partial charge in [-0.1, -0.05) is 0 Å². The Kier molecular flexibility index (Phi) is 4.21. The van der Waals surface area contributed by atoms with Crippen molar-refractivity contribution < 1.29 is 13.9 Å². The van der Waals surface area contributed by atoms with Gasteiger partial charge in [0.25, 0.3) is 0 Å². The van der Waals surface area contributed by atoms with Gasteiger partial charge >= 0.3 is 5.97 Å². The molecule has 0 aromatic carbocycles. The van der Waals surface area contributed by atoms with Crippen LogP contribution in [0.3, 0.4) is 0 Å². The van der Waals surface area contributed by atoms with E-state index >= 15 is 0 Å². The van der Waals surface area contributed by atoms with Gasteiger partial charge in [0.05, 0.1) is 6.61 Å². The molecule has 1 heterocycles. The maximum atomic E-state index is 13.0. The van der Waals surface area contributed by atoms with Crippen LogP contribution in [0.4, 0.5) is 4.39 Å². The zero-order chi connectivity index (χ0) is 10.6. The van der Waals surface area contributed by atoms with Crippen molar-refractivity contribution in [1.29, 1.82) is 0 Å². The molecule has 0 amide bonds. The van der Waals surface area contributed by atoms with Crippen LogP contribution in [0, 0.1) is 0 Å². The summed E-state index contributed by atoms with van der Waals surface area (Å²) in [5.41, 5.74) is 0. The predicted molar refractivity (Wildman–Crippen MR) is 55.5 cm³/mol. The first kappa shape index (κ1) is 11.3. The van der Waals surface area contributed by atoms with E-state index in [9.17, 15) is 9.18 Å². The van der Waals surface area contributed by atoms with E-state index in [0.29, 0.717) is 9.61 Å². The van der Waals surface area contributed by atoms with Gasteiger partial charge < -0.3 is 4.74 Å². The molecule has 6 heteroatoms. The Hall–Kier alpha value is -0.750. The van der Waals surface area contributed by atoms with Crippen molar-refractivity contribution in [3.63, 3.8) is 0 Å². The minimum absolute atomic E-state index is 0.154. The summed E-state index contributed by atoms with van der Waals surface area (Å²) in [5, 5.41) is 2.12. The quantitative estimate of drug-likeness (QED) is 0.631. The molecule has 0 unspecified atom stereocenters. The highest BCUT2D eigenvalue weighted by molar-refractivity contribution is 9.10. The lowest BCUT2D eigenvalue weighted by Gasteiger charge is -1.96. The van der Waals surface area contributed by atoms with Crippen LogP contribution >= 0.6 is 27.3 Å². The third-order valence-corrected chi connectivity index (χ3v) is 2.72. The molecule has 0 aliphatic heterocycles. The molecular weight excluding hydrogens is 273 g/mol. The molecule has 0 atom stereocenters. The van der Waals surface area contributed by atoms with Gasteiger partial charge in [-0.05, 0) is 22.9 Å². The van der Waals surface area contributed by atoms with Crippen molar-refractivity contribution in [3.8, 4) is 0 Å². The molecule has 1 aromatic heterocycles. The Bertz CT molecular complexity index is 364. The molecule has 76 valence electrons. The highest BCUT2D eigenvalue weighted by Crippen LogP contribution is 2.18. The van der Waals surface area contributed by atoms with Gasteiger partial charge in [-0.25, -0.2) is 9.78 Å². The maximum absolute atomic E-state index is 13.0. The molecule has 0 radical (unpaired) electrons. The molecule has 14 heavy (non-hydrogen) atoms. The largest absolute Gasteiger partial charge is 0.461 e. The van der Waals surface area contributed by atoms with Gasteiger partial charge in [0.2, 0.25) is 5.83 Å². The van der Waals surface area contributed by atoms with Gasteiger partial charge in [-0.3, -0.25) is 0 Å². The van der Waals surface area contributed by atoms with Crippen LogP contribution in [-0.4, -0.2) is 17.6 Å². The highest BCUT2D eigenvalue weighted by atomic mass is 79.9. The Labute approximate surface area is 92.7 Å². The standard InChI is InChI=1S/C8H7BrFNO2S/c1-2-13-8(12)5(10)3-7-11-6(9)4-14-7/h3-4H,2H2,1H3/b5-3+. The Balaban J connectivity index is 2.73. The first-order valence-electron chi connectivity index (χ1n) is 3.79. The summed E-state index contributed by atoms with van der Waals surface area (Å²) in [6, 6.07) is 0. The van der Waals surface area contributed by atoms with Gasteiger partial charge in [-0.2, -0.15) is 4.39 Å². The zero-order valence-electron chi connectivity index (χ0n) is 7.29. The highest BCUT2D eigenvalue weighted by Gasteiger charge is 2.10. The third-order valence-electron chi connectivity index (χ3n) is 1.21. The van der Waals surface area contributed by atoms with Crippen LogP contribution < -0.4 is 0 Å². The van der Waals surface area contributed by atoms with E-state index in [0.717, 1.165) is 6.08 Å². The first-order valence-corrected chi connectivity index (χ1v) is 5.46. The second-order valence-corrected chi connectivity index (χ2v) is 3.92. The number of thiazole rings is 1. The molecule has 3 nitrogen and oxygen atoms in total. The minimum Gasteiger partial charge on any atom is -0.461 e. The lowest BCUT2D eigenvalue weighted by atomic mass is 10.5. The van der Waals surface area contributed by atoms with E-state index < -0.39 is 11.8 Å². The fourth-order valence-corrected chi connectivity index (χ4v) is 1.88. The number of esters is 1. The van der Waals surface area contributed by atoms with E-state index in [1.807, 2.05) is 0 Å². The fourth-order valence-electron chi connectivity index (χ4n) is 0.701. The molecular formula is C8H7BrFNO2S. The molecule has 1 aromatic rings. The Morgan fingerprint density at radius 2 is 2.57 bits per heavy atom. The van der Waals surface area contributed by atoms with Crippen molar-refractivity contribution in [2.75, 3.05) is 6.61 Å². The summed E-state index contributed by atoms with van der Waals surface area (Å²) < 4.78 is 18.1. The number of carbonyl (C=O) groups is 1. The summed E-state index contributed by atoms with van der Waals surface area (Å²) in [4.78, 5) is 14.8. The van der Waals surface area contributed by atoms with Crippen molar-refractivity contribution in [3.05, 3.63) is 20.8 Å². The molecule has 0 spiro atoms. The van der Waals surface area contributed by atoms with Crippen LogP contribution in [0.25, 0.3) is 6.08 Å². The molecule has 0 fully saturated rings. The Morgan fingerprint density at radius 1 is 1.86 bits per heavy atom. The SMILES string of the molecule is CCOC(=O)/C(F)=C\c1nc(Br)cs1. The molecule has 0 bridgehead atoms. The predicted octanol–water partition coefficient (Wildman–Crippen LogP) is 2.78. The second-order valence-electron chi connectivity index (χ2n) is 2.22. The van der Waals surface area contributed by atoms with Crippen molar-refractivity contribution >= 4 is 39.3 Å². The van der Waals surface area contributed by atoms with E-state index in [-0.39, 0.29) is 6.61 Å². The van der Waals surface area contributed by atoms with Gasteiger partial charge in [0.15, 0.2) is 0 Å². The van der Waals surface area contributed by atoms with Crippen LogP contribution in [0.15, 0.2) is 15.8 Å². The van der Waals surface area contributed by atoms with Gasteiger partial charge in [0, 0.05) is 11.5 Å². The number of ether oxygens (including phenoxy) is 1.